The van der Waals surface area contributed by atoms with Crippen molar-refractivity contribution in [2.45, 2.75) is 58.9 Å². The Balaban J connectivity index is 1.57. The monoisotopic (exact) mass is 506 g/mol. The van der Waals surface area contributed by atoms with E-state index in [1.807, 2.05) is 55.1 Å². The molecular weight excluding hydrogens is 472 g/mol. The molecule has 0 aliphatic rings. The Morgan fingerprint density at radius 3 is 2.75 bits per heavy atom. The van der Waals surface area contributed by atoms with E-state index in [2.05, 4.69) is 34.7 Å². The van der Waals surface area contributed by atoms with Crippen LogP contribution < -0.4 is 4.90 Å². The molecule has 4 rings (SSSR count). The zero-order chi connectivity index (χ0) is 25.9. The number of carbonyl (C=O) groups is 1. The SMILES string of the molecule is Cc1cc(N(C(=O)O)C(C)c2nccn2Cc2cccnc2)cc2cn(COCC[Si](C)(C)C)nc12. The van der Waals surface area contributed by atoms with Crippen LogP contribution in [0.1, 0.15) is 29.9 Å². The number of hydrogen-bond acceptors (Lipinski definition) is 5. The largest absolute Gasteiger partial charge is 0.465 e. The number of benzene rings is 1. The average Bonchev–Trinajstić information content (AvgIpc) is 3.44. The highest BCUT2D eigenvalue weighted by Gasteiger charge is 2.27. The number of rotatable bonds is 10. The molecule has 1 unspecified atom stereocenters. The molecule has 0 fully saturated rings. The summed E-state index contributed by atoms with van der Waals surface area (Å²) in [4.78, 5) is 22.5. The van der Waals surface area contributed by atoms with Crippen LogP contribution in [-0.2, 0) is 18.0 Å². The first-order valence-corrected chi connectivity index (χ1v) is 15.8. The van der Waals surface area contributed by atoms with Crippen molar-refractivity contribution in [3.8, 4) is 0 Å². The molecule has 1 atom stereocenters. The van der Waals surface area contributed by atoms with Crippen LogP contribution in [0.5, 0.6) is 0 Å². The topological polar surface area (TPSA) is 98.3 Å². The molecule has 0 aliphatic heterocycles. The van der Waals surface area contributed by atoms with Gasteiger partial charge in [0.2, 0.25) is 0 Å². The second-order valence-electron chi connectivity index (χ2n) is 10.3. The molecule has 4 aromatic rings. The van der Waals surface area contributed by atoms with Crippen molar-refractivity contribution in [1.82, 2.24) is 24.3 Å². The van der Waals surface area contributed by atoms with Gasteiger partial charge in [0.05, 0.1) is 18.1 Å². The predicted octanol–water partition coefficient (Wildman–Crippen LogP) is 5.54. The van der Waals surface area contributed by atoms with Gasteiger partial charge in [-0.25, -0.2) is 14.5 Å². The lowest BCUT2D eigenvalue weighted by molar-refractivity contribution is 0.0791. The molecule has 0 aliphatic carbocycles. The quantitative estimate of drug-likeness (QED) is 0.224. The zero-order valence-corrected chi connectivity index (χ0v) is 22.5. The van der Waals surface area contributed by atoms with Crippen molar-refractivity contribution in [2.24, 2.45) is 0 Å². The van der Waals surface area contributed by atoms with Crippen LogP contribution in [-0.4, -0.2) is 50.2 Å². The summed E-state index contributed by atoms with van der Waals surface area (Å²) in [6.07, 6.45) is 7.95. The van der Waals surface area contributed by atoms with Crippen LogP contribution in [0.2, 0.25) is 25.7 Å². The van der Waals surface area contributed by atoms with E-state index in [0.29, 0.717) is 31.4 Å². The molecule has 190 valence electrons. The van der Waals surface area contributed by atoms with Crippen molar-refractivity contribution in [1.29, 1.82) is 0 Å². The van der Waals surface area contributed by atoms with E-state index < -0.39 is 20.2 Å². The lowest BCUT2D eigenvalue weighted by atomic mass is 10.1. The Hall–Kier alpha value is -3.50. The number of carboxylic acid groups (broad SMARTS) is 1. The van der Waals surface area contributed by atoms with E-state index in [4.69, 9.17) is 4.74 Å². The lowest BCUT2D eigenvalue weighted by Gasteiger charge is -2.27. The number of anilines is 1. The van der Waals surface area contributed by atoms with Crippen LogP contribution in [0, 0.1) is 6.92 Å². The maximum Gasteiger partial charge on any atom is 0.412 e. The minimum Gasteiger partial charge on any atom is -0.465 e. The predicted molar refractivity (Wildman–Crippen MR) is 143 cm³/mol. The molecule has 1 N–H and O–H groups in total. The van der Waals surface area contributed by atoms with E-state index in [9.17, 15) is 9.90 Å². The van der Waals surface area contributed by atoms with Gasteiger partial charge < -0.3 is 14.4 Å². The van der Waals surface area contributed by atoms with Gasteiger partial charge in [0.1, 0.15) is 12.6 Å². The van der Waals surface area contributed by atoms with Crippen LogP contribution in [0.25, 0.3) is 10.9 Å². The fourth-order valence-corrected chi connectivity index (χ4v) is 4.96. The van der Waals surface area contributed by atoms with Gasteiger partial charge in [-0.1, -0.05) is 25.7 Å². The highest BCUT2D eigenvalue weighted by atomic mass is 28.3. The summed E-state index contributed by atoms with van der Waals surface area (Å²) < 4.78 is 9.58. The fraction of sp³-hybridized carbons (Fsp3) is 0.385. The third kappa shape index (κ3) is 6.00. The van der Waals surface area contributed by atoms with Crippen molar-refractivity contribution < 1.29 is 14.6 Å². The van der Waals surface area contributed by atoms with Crippen molar-refractivity contribution in [3.05, 3.63) is 72.2 Å². The maximum absolute atomic E-state index is 12.5. The van der Waals surface area contributed by atoms with Crippen molar-refractivity contribution >= 4 is 30.8 Å². The molecule has 1 aromatic carbocycles. The van der Waals surface area contributed by atoms with E-state index >= 15 is 0 Å². The van der Waals surface area contributed by atoms with Gasteiger partial charge in [-0.15, -0.1) is 0 Å². The van der Waals surface area contributed by atoms with Gasteiger partial charge in [-0.05, 0) is 49.2 Å². The number of pyridine rings is 1. The first-order chi connectivity index (χ1) is 17.1. The van der Waals surface area contributed by atoms with Gasteiger partial charge in [-0.2, -0.15) is 5.10 Å². The highest BCUT2D eigenvalue weighted by molar-refractivity contribution is 6.76. The summed E-state index contributed by atoms with van der Waals surface area (Å²) in [6, 6.07) is 8.19. The molecular formula is C26H34N6O3Si. The number of ether oxygens (including phenoxy) is 1. The van der Waals surface area contributed by atoms with Gasteiger partial charge >= 0.3 is 6.09 Å². The summed E-state index contributed by atoms with van der Waals surface area (Å²) in [6.45, 7) is 12.4. The van der Waals surface area contributed by atoms with Crippen molar-refractivity contribution in [3.63, 3.8) is 0 Å². The second kappa shape index (κ2) is 10.6. The van der Waals surface area contributed by atoms with E-state index in [0.717, 1.165) is 28.1 Å². The summed E-state index contributed by atoms with van der Waals surface area (Å²) in [5.41, 5.74) is 3.34. The van der Waals surface area contributed by atoms with E-state index in [-0.39, 0.29) is 0 Å². The Morgan fingerprint density at radius 1 is 1.25 bits per heavy atom. The minimum atomic E-state index is -1.15. The Kier molecular flexibility index (Phi) is 7.55. The molecule has 0 saturated heterocycles. The van der Waals surface area contributed by atoms with E-state index in [1.54, 1.807) is 23.3 Å². The molecule has 10 heteroatoms. The second-order valence-corrected chi connectivity index (χ2v) is 15.9. The number of nitrogens with zero attached hydrogens (tertiary/aromatic N) is 6. The number of amides is 1. The number of imidazole rings is 1. The van der Waals surface area contributed by atoms with Crippen LogP contribution >= 0.6 is 0 Å². The number of fused-ring (bicyclic) bond motifs is 1. The van der Waals surface area contributed by atoms with Crippen LogP contribution in [0.3, 0.4) is 0 Å². The molecule has 0 radical (unpaired) electrons. The first kappa shape index (κ1) is 25.6. The maximum atomic E-state index is 12.5. The summed E-state index contributed by atoms with van der Waals surface area (Å²) in [5, 5.41) is 15.7. The van der Waals surface area contributed by atoms with Gasteiger partial charge in [0.25, 0.3) is 0 Å². The summed E-state index contributed by atoms with van der Waals surface area (Å²) in [7, 11) is -1.15. The molecule has 3 aromatic heterocycles. The molecule has 0 spiro atoms. The number of aromatic nitrogens is 5. The Labute approximate surface area is 212 Å². The minimum absolute atomic E-state index is 0.374. The first-order valence-electron chi connectivity index (χ1n) is 12.1. The molecule has 9 nitrogen and oxygen atoms in total. The third-order valence-electron chi connectivity index (χ3n) is 6.12. The molecule has 36 heavy (non-hydrogen) atoms. The standard InChI is InChI=1S/C26H34N6O3Si/c1-19-13-23(14-22-17-31(29-24(19)22)18-35-11-12-36(3,4)5)32(26(33)34)20(2)25-28-9-10-30(25)16-21-7-6-8-27-15-21/h6-10,13-15,17,20H,11-12,16,18H2,1-5H3,(H,33,34). The smallest absolute Gasteiger partial charge is 0.412 e. The van der Waals surface area contributed by atoms with Crippen LogP contribution in [0.4, 0.5) is 10.5 Å². The average molecular weight is 507 g/mol. The van der Waals surface area contributed by atoms with Crippen molar-refractivity contribution in [2.75, 3.05) is 11.5 Å². The molecule has 0 saturated carbocycles. The highest BCUT2D eigenvalue weighted by Crippen LogP contribution is 2.31. The fourth-order valence-electron chi connectivity index (χ4n) is 4.21. The lowest BCUT2D eigenvalue weighted by Crippen LogP contribution is -2.33. The normalized spacial score (nSPS) is 12.7. The summed E-state index contributed by atoms with van der Waals surface area (Å²) in [5.74, 6) is 0.658. The van der Waals surface area contributed by atoms with E-state index in [1.165, 1.54) is 4.90 Å². The Bertz CT molecular complexity index is 1330. The van der Waals surface area contributed by atoms with Gasteiger partial charge in [0, 0.05) is 56.7 Å². The third-order valence-corrected chi connectivity index (χ3v) is 7.82. The molecule has 1 amide bonds. The molecule has 0 bridgehead atoms. The Morgan fingerprint density at radius 2 is 2.06 bits per heavy atom. The van der Waals surface area contributed by atoms with Gasteiger partial charge in [0.15, 0.2) is 0 Å². The summed E-state index contributed by atoms with van der Waals surface area (Å²) >= 11 is 0. The zero-order valence-electron chi connectivity index (χ0n) is 21.5. The van der Waals surface area contributed by atoms with Gasteiger partial charge in [-0.3, -0.25) is 9.88 Å². The molecule has 3 heterocycles. The number of hydrogen-bond donors (Lipinski definition) is 1. The number of aryl methyl sites for hydroxylation is 1. The van der Waals surface area contributed by atoms with Crippen LogP contribution in [0.15, 0.2) is 55.2 Å².